The third-order valence-electron chi connectivity index (χ3n) is 4.77. The number of imidazole rings is 1. The first kappa shape index (κ1) is 22.4. The van der Waals surface area contributed by atoms with Crippen LogP contribution in [0.4, 0.5) is 0 Å². The fourth-order valence-corrected chi connectivity index (χ4v) is 4.54. The van der Waals surface area contributed by atoms with E-state index in [0.717, 1.165) is 14.6 Å². The van der Waals surface area contributed by atoms with Crippen LogP contribution in [0.1, 0.15) is 25.8 Å². The van der Waals surface area contributed by atoms with Crippen molar-refractivity contribution in [3.8, 4) is 0 Å². The molecule has 2 heterocycles. The van der Waals surface area contributed by atoms with Gasteiger partial charge in [0.2, 0.25) is 0 Å². The van der Waals surface area contributed by atoms with Gasteiger partial charge < -0.3 is 9.30 Å². The molecule has 160 valence electrons. The Balaban J connectivity index is 2.23. The fourth-order valence-electron chi connectivity index (χ4n) is 3.12. The molecule has 0 fully saturated rings. The number of carbonyl (C=O) groups is 1. The molecule has 3 aromatic rings. The van der Waals surface area contributed by atoms with E-state index in [1.165, 1.54) is 23.4 Å². The van der Waals surface area contributed by atoms with Crippen molar-refractivity contribution >= 4 is 44.8 Å². The number of hydrogen-bond donors (Lipinski definition) is 0. The average molecular weight is 495 g/mol. The van der Waals surface area contributed by atoms with Crippen LogP contribution in [0.5, 0.6) is 0 Å². The Hall–Kier alpha value is -2.33. The normalized spacial score (nSPS) is 12.3. The lowest BCUT2D eigenvalue weighted by Crippen LogP contribution is -2.37. The van der Waals surface area contributed by atoms with Gasteiger partial charge in [-0.05, 0) is 25.0 Å². The summed E-state index contributed by atoms with van der Waals surface area (Å²) in [4.78, 5) is 42.3. The van der Waals surface area contributed by atoms with Gasteiger partial charge in [0.25, 0.3) is 5.56 Å². The maximum absolute atomic E-state index is 13.0. The zero-order valence-electron chi connectivity index (χ0n) is 17.2. The second kappa shape index (κ2) is 9.22. The minimum atomic E-state index is -0.472. The van der Waals surface area contributed by atoms with Crippen LogP contribution in [0.3, 0.4) is 0 Å². The molecule has 0 bridgehead atoms. The maximum Gasteiger partial charge on any atom is 0.332 e. The smallest absolute Gasteiger partial charge is 0.332 e. The highest BCUT2D eigenvalue weighted by atomic mass is 79.9. The Morgan fingerprint density at radius 2 is 1.90 bits per heavy atom. The van der Waals surface area contributed by atoms with E-state index in [9.17, 15) is 14.4 Å². The van der Waals surface area contributed by atoms with Crippen LogP contribution in [0.15, 0.2) is 43.5 Å². The van der Waals surface area contributed by atoms with E-state index in [-0.39, 0.29) is 18.2 Å². The molecule has 10 heteroatoms. The third-order valence-corrected chi connectivity index (χ3v) is 6.87. The van der Waals surface area contributed by atoms with Crippen LogP contribution in [0, 0.1) is 0 Å². The first-order chi connectivity index (χ1) is 14.3. The number of ether oxygens (including phenoxy) is 1. The molecular weight excluding hydrogens is 472 g/mol. The molecule has 0 aliphatic carbocycles. The Kier molecular flexibility index (Phi) is 6.87. The van der Waals surface area contributed by atoms with E-state index in [1.54, 1.807) is 18.5 Å². The standard InChI is InChI=1S/C20H23BrN4O4S/c1-5-14(18(27)29-6-2)30-19-22-16-15(17(26)24(4)20(28)23(16)3)25(19)11-12-9-7-8-10-13(12)21/h7-10,14H,5-6,11H2,1-4H3. The summed E-state index contributed by atoms with van der Waals surface area (Å²) in [7, 11) is 3.02. The Morgan fingerprint density at radius 3 is 2.53 bits per heavy atom. The molecule has 1 unspecified atom stereocenters. The largest absolute Gasteiger partial charge is 0.465 e. The fraction of sp³-hybridized carbons (Fsp3) is 0.400. The molecule has 2 aromatic heterocycles. The molecule has 0 aliphatic rings. The van der Waals surface area contributed by atoms with Crippen LogP contribution in [0.25, 0.3) is 11.2 Å². The zero-order chi connectivity index (χ0) is 22.0. The van der Waals surface area contributed by atoms with E-state index in [2.05, 4.69) is 20.9 Å². The first-order valence-electron chi connectivity index (χ1n) is 9.53. The van der Waals surface area contributed by atoms with Crippen LogP contribution >= 0.6 is 27.7 Å². The number of hydrogen-bond acceptors (Lipinski definition) is 6. The zero-order valence-corrected chi connectivity index (χ0v) is 19.6. The van der Waals surface area contributed by atoms with E-state index < -0.39 is 16.5 Å². The van der Waals surface area contributed by atoms with Crippen LogP contribution in [0.2, 0.25) is 0 Å². The summed E-state index contributed by atoms with van der Waals surface area (Å²) < 4.78 is 10.3. The molecule has 0 saturated carbocycles. The number of aromatic nitrogens is 4. The predicted molar refractivity (Wildman–Crippen MR) is 120 cm³/mol. The van der Waals surface area contributed by atoms with Gasteiger partial charge in [-0.3, -0.25) is 18.7 Å². The van der Waals surface area contributed by atoms with Crippen molar-refractivity contribution in [1.29, 1.82) is 0 Å². The van der Waals surface area contributed by atoms with Gasteiger partial charge in [-0.1, -0.05) is 52.8 Å². The quantitative estimate of drug-likeness (QED) is 0.370. The van der Waals surface area contributed by atoms with Crippen molar-refractivity contribution in [2.75, 3.05) is 6.61 Å². The van der Waals surface area contributed by atoms with Gasteiger partial charge in [-0.2, -0.15) is 0 Å². The van der Waals surface area contributed by atoms with Crippen LogP contribution in [-0.2, 0) is 30.2 Å². The molecule has 1 aromatic carbocycles. The summed E-state index contributed by atoms with van der Waals surface area (Å²) in [5.74, 6) is -0.328. The number of fused-ring (bicyclic) bond motifs is 1. The highest BCUT2D eigenvalue weighted by Crippen LogP contribution is 2.30. The molecule has 0 aliphatic heterocycles. The Labute approximate surface area is 186 Å². The van der Waals surface area contributed by atoms with E-state index >= 15 is 0 Å². The average Bonchev–Trinajstić information content (AvgIpc) is 3.08. The topological polar surface area (TPSA) is 88.1 Å². The summed E-state index contributed by atoms with van der Waals surface area (Å²) in [6.45, 7) is 4.30. The number of thioether (sulfide) groups is 1. The lowest BCUT2D eigenvalue weighted by Gasteiger charge is -2.15. The molecule has 0 radical (unpaired) electrons. The summed E-state index contributed by atoms with van der Waals surface area (Å²) in [5.41, 5.74) is 0.669. The van der Waals surface area contributed by atoms with Crippen molar-refractivity contribution in [2.45, 2.75) is 37.2 Å². The minimum Gasteiger partial charge on any atom is -0.465 e. The van der Waals surface area contributed by atoms with Crippen molar-refractivity contribution in [2.24, 2.45) is 14.1 Å². The van der Waals surface area contributed by atoms with Gasteiger partial charge in [0, 0.05) is 18.6 Å². The number of halogens is 1. The van der Waals surface area contributed by atoms with Crippen molar-refractivity contribution in [3.63, 3.8) is 0 Å². The van der Waals surface area contributed by atoms with Gasteiger partial charge in [0.05, 0.1) is 13.2 Å². The predicted octanol–water partition coefficient (Wildman–Crippen LogP) is 2.68. The van der Waals surface area contributed by atoms with Crippen LogP contribution in [-0.4, -0.2) is 36.5 Å². The summed E-state index contributed by atoms with van der Waals surface area (Å²) in [6, 6.07) is 7.68. The number of rotatable bonds is 7. The number of carbonyl (C=O) groups excluding carboxylic acids is 1. The van der Waals surface area contributed by atoms with Gasteiger partial charge in [0.15, 0.2) is 16.3 Å². The molecule has 0 amide bonds. The lowest BCUT2D eigenvalue weighted by atomic mass is 10.2. The van der Waals surface area contributed by atoms with Crippen molar-refractivity contribution < 1.29 is 9.53 Å². The third kappa shape index (κ3) is 4.11. The molecule has 8 nitrogen and oxygen atoms in total. The molecular formula is C20H23BrN4O4S. The number of aryl methyl sites for hydroxylation is 1. The molecule has 0 saturated heterocycles. The lowest BCUT2D eigenvalue weighted by molar-refractivity contribution is -0.142. The highest BCUT2D eigenvalue weighted by molar-refractivity contribution is 9.10. The first-order valence-corrected chi connectivity index (χ1v) is 11.2. The SMILES string of the molecule is CCOC(=O)C(CC)Sc1nc2c(c(=O)n(C)c(=O)n2C)n1Cc1ccccc1Br. The summed E-state index contributed by atoms with van der Waals surface area (Å²) in [6.07, 6.45) is 0.540. The molecule has 0 N–H and O–H groups in total. The summed E-state index contributed by atoms with van der Waals surface area (Å²) >= 11 is 4.79. The van der Waals surface area contributed by atoms with Crippen LogP contribution < -0.4 is 11.2 Å². The maximum atomic E-state index is 13.0. The monoisotopic (exact) mass is 494 g/mol. The van der Waals surface area contributed by atoms with E-state index in [4.69, 9.17) is 4.74 Å². The molecule has 1 atom stereocenters. The Bertz CT molecular complexity index is 1210. The van der Waals surface area contributed by atoms with Gasteiger partial charge in [-0.15, -0.1) is 0 Å². The van der Waals surface area contributed by atoms with Crippen molar-refractivity contribution in [3.05, 3.63) is 55.1 Å². The second-order valence-corrected chi connectivity index (χ2v) is 8.74. The molecule has 0 spiro atoms. The Morgan fingerprint density at radius 1 is 1.20 bits per heavy atom. The molecule has 30 heavy (non-hydrogen) atoms. The van der Waals surface area contributed by atoms with E-state index in [1.807, 2.05) is 31.2 Å². The van der Waals surface area contributed by atoms with Gasteiger partial charge in [-0.25, -0.2) is 9.78 Å². The van der Waals surface area contributed by atoms with E-state index in [0.29, 0.717) is 23.6 Å². The number of benzene rings is 1. The second-order valence-electron chi connectivity index (χ2n) is 6.72. The highest BCUT2D eigenvalue weighted by Gasteiger charge is 2.26. The van der Waals surface area contributed by atoms with Crippen molar-refractivity contribution in [1.82, 2.24) is 18.7 Å². The minimum absolute atomic E-state index is 0.288. The number of nitrogens with zero attached hydrogens (tertiary/aromatic N) is 4. The summed E-state index contributed by atoms with van der Waals surface area (Å²) in [5, 5.41) is 0.0135. The number of esters is 1. The van der Waals surface area contributed by atoms with Gasteiger partial charge >= 0.3 is 11.7 Å². The molecule has 3 rings (SSSR count). The van der Waals surface area contributed by atoms with Gasteiger partial charge in [0.1, 0.15) is 5.25 Å².